The molecule has 0 unspecified atom stereocenters. The van der Waals surface area contributed by atoms with Gasteiger partial charge in [0.1, 0.15) is 0 Å². The smallest absolute Gasteiger partial charge is 0.0635 e. The summed E-state index contributed by atoms with van der Waals surface area (Å²) in [5.41, 5.74) is 0.459. The van der Waals surface area contributed by atoms with Crippen molar-refractivity contribution >= 4 is 12.6 Å². The second-order valence-electron chi connectivity index (χ2n) is 5.47. The molecule has 0 saturated heterocycles. The molecule has 0 atom stereocenters. The molecule has 2 rings (SSSR count). The highest BCUT2D eigenvalue weighted by Crippen LogP contribution is 2.41. The van der Waals surface area contributed by atoms with Crippen LogP contribution in [0, 0.1) is 16.7 Å². The van der Waals surface area contributed by atoms with E-state index in [1.165, 1.54) is 45.1 Å². The summed E-state index contributed by atoms with van der Waals surface area (Å²) in [5.74, 6) is 1.02. The fourth-order valence-corrected chi connectivity index (χ4v) is 3.36. The topological polar surface area (TPSA) is 27.0 Å². The van der Waals surface area contributed by atoms with Gasteiger partial charge >= 0.3 is 0 Å². The number of nitrogens with zero attached hydrogens (tertiary/aromatic N) is 2. The molecule has 0 heterocycles. The molecule has 16 heavy (non-hydrogen) atoms. The Morgan fingerprint density at radius 2 is 2.00 bits per heavy atom. The third-order valence-corrected chi connectivity index (χ3v) is 4.78. The summed E-state index contributed by atoms with van der Waals surface area (Å²) in [6.07, 6.45) is 8.79. The molecule has 0 N–H and O–H groups in total. The molecular formula is C13H22N2S. The van der Waals surface area contributed by atoms with Gasteiger partial charge in [0.2, 0.25) is 0 Å². The summed E-state index contributed by atoms with van der Waals surface area (Å²) < 4.78 is 0. The van der Waals surface area contributed by atoms with Gasteiger partial charge in [-0.3, -0.25) is 4.90 Å². The van der Waals surface area contributed by atoms with Crippen molar-refractivity contribution in [3.05, 3.63) is 0 Å². The van der Waals surface area contributed by atoms with Crippen LogP contribution >= 0.6 is 12.6 Å². The van der Waals surface area contributed by atoms with Crippen LogP contribution in [0.2, 0.25) is 0 Å². The summed E-state index contributed by atoms with van der Waals surface area (Å²) in [6, 6.07) is 3.06. The van der Waals surface area contributed by atoms with Crippen molar-refractivity contribution < 1.29 is 0 Å². The van der Waals surface area contributed by atoms with E-state index in [4.69, 9.17) is 5.26 Å². The lowest BCUT2D eigenvalue weighted by molar-refractivity contribution is 0.166. The maximum atomic E-state index is 8.71. The van der Waals surface area contributed by atoms with Gasteiger partial charge in [-0.25, -0.2) is 0 Å². The van der Waals surface area contributed by atoms with E-state index in [0.29, 0.717) is 11.8 Å². The summed E-state index contributed by atoms with van der Waals surface area (Å²) >= 11 is 4.56. The minimum Gasteiger partial charge on any atom is -0.299 e. The monoisotopic (exact) mass is 238 g/mol. The lowest BCUT2D eigenvalue weighted by Crippen LogP contribution is -2.39. The van der Waals surface area contributed by atoms with E-state index in [2.05, 4.69) is 23.6 Å². The van der Waals surface area contributed by atoms with Crippen molar-refractivity contribution in [1.29, 1.82) is 5.26 Å². The lowest BCUT2D eigenvalue weighted by Gasteiger charge is -2.34. The molecular weight excluding hydrogens is 216 g/mol. The zero-order valence-corrected chi connectivity index (χ0v) is 10.9. The zero-order valence-electron chi connectivity index (χ0n) is 9.99. The molecule has 0 aromatic carbocycles. The molecule has 2 nitrogen and oxygen atoms in total. The normalized spacial score (nSPS) is 23.6. The van der Waals surface area contributed by atoms with E-state index in [-0.39, 0.29) is 0 Å². The lowest BCUT2D eigenvalue weighted by atomic mass is 9.87. The average molecular weight is 238 g/mol. The van der Waals surface area contributed by atoms with Crippen LogP contribution in [0.5, 0.6) is 0 Å². The molecule has 0 bridgehead atoms. The minimum absolute atomic E-state index is 0.459. The molecule has 0 aromatic heterocycles. The highest BCUT2D eigenvalue weighted by Gasteiger charge is 2.38. The highest BCUT2D eigenvalue weighted by molar-refractivity contribution is 7.80. The van der Waals surface area contributed by atoms with Crippen molar-refractivity contribution in [1.82, 2.24) is 4.90 Å². The third-order valence-electron chi connectivity index (χ3n) is 4.11. The third kappa shape index (κ3) is 2.93. The van der Waals surface area contributed by atoms with Gasteiger partial charge in [0.25, 0.3) is 0 Å². The fraction of sp³-hybridized carbons (Fsp3) is 0.923. The number of hydrogen-bond acceptors (Lipinski definition) is 3. The highest BCUT2D eigenvalue weighted by atomic mass is 32.1. The summed E-state index contributed by atoms with van der Waals surface area (Å²) in [4.78, 5) is 2.56. The number of thiol groups is 1. The first kappa shape index (κ1) is 12.3. The minimum atomic E-state index is 0.459. The maximum Gasteiger partial charge on any atom is 0.0635 e. The standard InChI is InChI=1S/C13H22N2S/c14-8-3-9-15(12-4-5-12)10-13(11-16)6-1-2-7-13/h12,16H,1-7,9-11H2. The molecule has 2 saturated carbocycles. The van der Waals surface area contributed by atoms with Gasteiger partial charge < -0.3 is 0 Å². The molecule has 0 aliphatic heterocycles. The maximum absolute atomic E-state index is 8.71. The van der Waals surface area contributed by atoms with Gasteiger partial charge in [-0.2, -0.15) is 17.9 Å². The molecule has 0 spiro atoms. The van der Waals surface area contributed by atoms with E-state index < -0.39 is 0 Å². The van der Waals surface area contributed by atoms with Gasteiger partial charge in [0.05, 0.1) is 6.07 Å². The van der Waals surface area contributed by atoms with Crippen LogP contribution < -0.4 is 0 Å². The number of rotatable bonds is 6. The average Bonchev–Trinajstić information content (AvgIpc) is 3.05. The Hall–Kier alpha value is -0.200. The van der Waals surface area contributed by atoms with Crippen molar-refractivity contribution in [2.24, 2.45) is 5.41 Å². The first-order chi connectivity index (χ1) is 7.79. The number of hydrogen-bond donors (Lipinski definition) is 1. The van der Waals surface area contributed by atoms with Crippen LogP contribution in [-0.2, 0) is 0 Å². The zero-order chi connectivity index (χ0) is 11.4. The SMILES string of the molecule is N#CCCN(CC1(CS)CCCC1)C1CC1. The largest absolute Gasteiger partial charge is 0.299 e. The van der Waals surface area contributed by atoms with Crippen LogP contribution in [-0.4, -0.2) is 29.8 Å². The molecule has 0 amide bonds. The van der Waals surface area contributed by atoms with Crippen molar-refractivity contribution in [3.63, 3.8) is 0 Å². The fourth-order valence-electron chi connectivity index (χ4n) is 2.95. The predicted octanol–water partition coefficient (Wildman–Crippen LogP) is 2.85. The van der Waals surface area contributed by atoms with Crippen molar-refractivity contribution in [2.75, 3.05) is 18.8 Å². The van der Waals surface area contributed by atoms with Crippen LogP contribution in [0.1, 0.15) is 44.9 Å². The quantitative estimate of drug-likeness (QED) is 0.720. The van der Waals surface area contributed by atoms with Gasteiger partial charge in [-0.05, 0) is 36.9 Å². The van der Waals surface area contributed by atoms with Crippen molar-refractivity contribution in [3.8, 4) is 6.07 Å². The van der Waals surface area contributed by atoms with Crippen LogP contribution in [0.15, 0.2) is 0 Å². The Morgan fingerprint density at radius 1 is 1.31 bits per heavy atom. The summed E-state index contributed by atoms with van der Waals surface area (Å²) in [7, 11) is 0. The first-order valence-corrected chi connectivity index (χ1v) is 7.15. The van der Waals surface area contributed by atoms with Crippen LogP contribution in [0.25, 0.3) is 0 Å². The number of nitriles is 1. The van der Waals surface area contributed by atoms with Gasteiger partial charge in [0, 0.05) is 25.6 Å². The van der Waals surface area contributed by atoms with Crippen molar-refractivity contribution in [2.45, 2.75) is 51.0 Å². The Kier molecular flexibility index (Phi) is 4.16. The van der Waals surface area contributed by atoms with E-state index in [0.717, 1.165) is 18.3 Å². The second kappa shape index (κ2) is 5.42. The van der Waals surface area contributed by atoms with E-state index >= 15 is 0 Å². The molecule has 3 heteroatoms. The van der Waals surface area contributed by atoms with E-state index in [1.807, 2.05) is 0 Å². The van der Waals surface area contributed by atoms with Gasteiger partial charge in [-0.15, -0.1) is 0 Å². The van der Waals surface area contributed by atoms with E-state index in [9.17, 15) is 0 Å². The molecule has 2 fully saturated rings. The predicted molar refractivity (Wildman–Crippen MR) is 69.6 cm³/mol. The molecule has 0 aromatic rings. The molecule has 2 aliphatic rings. The molecule has 90 valence electrons. The van der Waals surface area contributed by atoms with Crippen LogP contribution in [0.3, 0.4) is 0 Å². The Bertz CT molecular complexity index is 262. The Labute approximate surface area is 104 Å². The molecule has 2 aliphatic carbocycles. The van der Waals surface area contributed by atoms with Gasteiger partial charge in [-0.1, -0.05) is 12.8 Å². The first-order valence-electron chi connectivity index (χ1n) is 6.51. The Morgan fingerprint density at radius 3 is 2.50 bits per heavy atom. The van der Waals surface area contributed by atoms with Crippen LogP contribution in [0.4, 0.5) is 0 Å². The Balaban J connectivity index is 1.90. The van der Waals surface area contributed by atoms with Gasteiger partial charge in [0.15, 0.2) is 0 Å². The van der Waals surface area contributed by atoms with E-state index in [1.54, 1.807) is 0 Å². The summed E-state index contributed by atoms with van der Waals surface area (Å²) in [5, 5.41) is 8.71. The summed E-state index contributed by atoms with van der Waals surface area (Å²) in [6.45, 7) is 2.15. The second-order valence-corrected chi connectivity index (χ2v) is 5.79. The molecule has 0 radical (unpaired) electrons.